The number of aliphatic hydroxyl groups is 2. The average molecular weight is 1020 g/mol. The molecule has 72 heavy (non-hydrogen) atoms. The van der Waals surface area contributed by atoms with Gasteiger partial charge in [0.15, 0.2) is 0 Å². The molecule has 0 aromatic rings. The molecule has 0 spiro atoms. The maximum Gasteiger partial charge on any atom is 0.305 e. The molecule has 2 atom stereocenters. The van der Waals surface area contributed by atoms with Crippen molar-refractivity contribution in [3.63, 3.8) is 0 Å². The molecule has 0 aromatic heterocycles. The van der Waals surface area contributed by atoms with E-state index in [-0.39, 0.29) is 18.5 Å². The topological polar surface area (TPSA) is 95.9 Å². The van der Waals surface area contributed by atoms with Crippen LogP contribution in [-0.2, 0) is 14.3 Å². The maximum atomic E-state index is 12.4. The summed E-state index contributed by atoms with van der Waals surface area (Å²) in [5.74, 6) is -0.00861. The molecule has 0 radical (unpaired) electrons. The van der Waals surface area contributed by atoms with Crippen LogP contribution in [0.4, 0.5) is 0 Å². The first kappa shape index (κ1) is 70.9. The molecule has 0 rings (SSSR count). The van der Waals surface area contributed by atoms with Gasteiger partial charge >= 0.3 is 5.97 Å². The Hall–Kier alpha value is -1.14. The number of rotatable bonds is 63. The molecule has 3 N–H and O–H groups in total. The first-order valence-corrected chi connectivity index (χ1v) is 33.3. The van der Waals surface area contributed by atoms with Crippen molar-refractivity contribution in [1.29, 1.82) is 0 Å². The Kier molecular flexibility index (Phi) is 61.4. The van der Waals surface area contributed by atoms with Crippen LogP contribution < -0.4 is 5.32 Å². The molecule has 0 saturated carbocycles. The van der Waals surface area contributed by atoms with Gasteiger partial charge in [-0.25, -0.2) is 0 Å². The van der Waals surface area contributed by atoms with Crippen molar-refractivity contribution in [3.8, 4) is 0 Å². The van der Waals surface area contributed by atoms with E-state index in [0.717, 1.165) is 38.5 Å². The van der Waals surface area contributed by atoms with Gasteiger partial charge in [-0.2, -0.15) is 0 Å². The van der Waals surface area contributed by atoms with Gasteiger partial charge in [0.25, 0.3) is 0 Å². The Morgan fingerprint density at radius 1 is 0.333 bits per heavy atom. The van der Waals surface area contributed by atoms with Crippen molar-refractivity contribution in [2.75, 3.05) is 13.2 Å². The molecule has 0 aliphatic heterocycles. The highest BCUT2D eigenvalue weighted by Gasteiger charge is 2.20. The lowest BCUT2D eigenvalue weighted by molar-refractivity contribution is -0.143. The minimum atomic E-state index is -0.659. The number of amides is 1. The van der Waals surface area contributed by atoms with E-state index < -0.39 is 12.1 Å². The van der Waals surface area contributed by atoms with Crippen molar-refractivity contribution >= 4 is 11.9 Å². The summed E-state index contributed by atoms with van der Waals surface area (Å²) in [6, 6.07) is -0.536. The predicted molar refractivity (Wildman–Crippen MR) is 315 cm³/mol. The van der Waals surface area contributed by atoms with E-state index >= 15 is 0 Å². The number of hydrogen-bond donors (Lipinski definition) is 3. The summed E-state index contributed by atoms with van der Waals surface area (Å²) in [4.78, 5) is 24.5. The van der Waals surface area contributed by atoms with Gasteiger partial charge in [-0.05, 0) is 25.7 Å². The zero-order chi connectivity index (χ0) is 52.2. The zero-order valence-electron chi connectivity index (χ0n) is 49.2. The van der Waals surface area contributed by atoms with Gasteiger partial charge in [0, 0.05) is 12.8 Å². The first-order chi connectivity index (χ1) is 35.5. The van der Waals surface area contributed by atoms with E-state index in [1.165, 1.54) is 315 Å². The second kappa shape index (κ2) is 62.4. The number of carbonyl (C=O) groups is 2. The summed E-state index contributed by atoms with van der Waals surface area (Å²) in [5, 5.41) is 23.1. The summed E-state index contributed by atoms with van der Waals surface area (Å²) in [7, 11) is 0. The number of nitrogens with one attached hydrogen (secondary N) is 1. The molecule has 0 saturated heterocycles. The van der Waals surface area contributed by atoms with Gasteiger partial charge in [0.2, 0.25) is 5.91 Å². The molecule has 0 fully saturated rings. The van der Waals surface area contributed by atoms with E-state index in [1.807, 2.05) is 0 Å². The van der Waals surface area contributed by atoms with E-state index in [1.54, 1.807) is 0 Å². The number of carbonyl (C=O) groups excluding carboxylic acids is 2. The molecule has 0 aliphatic carbocycles. The zero-order valence-corrected chi connectivity index (χ0v) is 49.2. The lowest BCUT2D eigenvalue weighted by Gasteiger charge is -2.22. The summed E-state index contributed by atoms with van der Waals surface area (Å²) in [6.45, 7) is 4.97. The first-order valence-electron chi connectivity index (χ1n) is 33.3. The molecule has 1 amide bonds. The van der Waals surface area contributed by atoms with Crippen LogP contribution in [0.1, 0.15) is 386 Å². The van der Waals surface area contributed by atoms with Crippen molar-refractivity contribution in [2.24, 2.45) is 0 Å². The van der Waals surface area contributed by atoms with Gasteiger partial charge < -0.3 is 20.3 Å². The number of aliphatic hydroxyl groups excluding tert-OH is 2. The van der Waals surface area contributed by atoms with Crippen molar-refractivity contribution in [3.05, 3.63) is 0 Å². The number of ether oxygens (including phenoxy) is 1. The van der Waals surface area contributed by atoms with Crippen LogP contribution in [0, 0.1) is 0 Å². The van der Waals surface area contributed by atoms with Gasteiger partial charge in [0.05, 0.1) is 25.4 Å². The van der Waals surface area contributed by atoms with Gasteiger partial charge in [-0.3, -0.25) is 9.59 Å². The van der Waals surface area contributed by atoms with Crippen LogP contribution in [0.25, 0.3) is 0 Å². The highest BCUT2D eigenvalue weighted by Crippen LogP contribution is 2.19. The van der Waals surface area contributed by atoms with E-state index in [4.69, 9.17) is 4.74 Å². The fourth-order valence-electron chi connectivity index (χ4n) is 10.8. The monoisotopic (exact) mass is 1020 g/mol. The molecule has 430 valence electrons. The lowest BCUT2D eigenvalue weighted by Crippen LogP contribution is -2.45. The van der Waals surface area contributed by atoms with E-state index in [0.29, 0.717) is 25.9 Å². The lowest BCUT2D eigenvalue weighted by atomic mass is 10.0. The quantitative estimate of drug-likeness (QED) is 0.0417. The third-order valence-electron chi connectivity index (χ3n) is 15.9. The second-order valence-electron chi connectivity index (χ2n) is 23.2. The molecule has 0 bridgehead atoms. The molecular weight excluding hydrogens is 887 g/mol. The molecule has 0 aromatic carbocycles. The molecule has 0 aliphatic rings. The largest absolute Gasteiger partial charge is 0.466 e. The molecule has 6 nitrogen and oxygen atoms in total. The fourth-order valence-corrected chi connectivity index (χ4v) is 10.8. The van der Waals surface area contributed by atoms with Crippen LogP contribution in [0.2, 0.25) is 0 Å². The second-order valence-corrected chi connectivity index (χ2v) is 23.2. The Bertz CT molecular complexity index is 1040. The Balaban J connectivity index is 3.28. The molecule has 2 unspecified atom stereocenters. The maximum absolute atomic E-state index is 12.4. The third kappa shape index (κ3) is 58.1. The van der Waals surface area contributed by atoms with E-state index in [9.17, 15) is 19.8 Å². The van der Waals surface area contributed by atoms with Gasteiger partial charge in [0.1, 0.15) is 0 Å². The Morgan fingerprint density at radius 2 is 0.569 bits per heavy atom. The van der Waals surface area contributed by atoms with E-state index in [2.05, 4.69) is 19.2 Å². The number of hydrogen-bond acceptors (Lipinski definition) is 5. The summed E-state index contributed by atoms with van der Waals surface area (Å²) >= 11 is 0. The third-order valence-corrected chi connectivity index (χ3v) is 15.9. The summed E-state index contributed by atoms with van der Waals surface area (Å²) < 4.78 is 5.51. The van der Waals surface area contributed by atoms with Crippen LogP contribution in [0.15, 0.2) is 0 Å². The number of esters is 1. The standard InChI is InChI=1S/C66H131NO5/c1-3-5-7-9-11-13-14-15-16-17-27-31-34-37-40-44-48-52-56-60-66(71)72-61-57-53-49-45-41-38-35-32-29-26-24-22-20-18-19-21-23-25-28-30-33-36-39-43-47-51-55-59-65(70)67-63(62-68)64(69)58-54-50-46-42-12-10-8-6-4-2/h63-64,68-69H,3-62H2,1-2H3,(H,67,70). The highest BCUT2D eigenvalue weighted by molar-refractivity contribution is 5.76. The van der Waals surface area contributed by atoms with Crippen LogP contribution in [-0.4, -0.2) is 47.4 Å². The van der Waals surface area contributed by atoms with Crippen LogP contribution in [0.3, 0.4) is 0 Å². The SMILES string of the molecule is CCCCCCCCCCCCCCCCCCCCCC(=O)OCCCCCCCCCCCCCCCCCCCCCCCCCCCCCC(=O)NC(CO)C(O)CCCCCCCCCCC. The molecular formula is C66H131NO5. The minimum absolute atomic E-state index is 0.0238. The van der Waals surface area contributed by atoms with Gasteiger partial charge in [-0.1, -0.05) is 348 Å². The number of unbranched alkanes of at least 4 members (excludes halogenated alkanes) is 52. The van der Waals surface area contributed by atoms with Crippen molar-refractivity contribution in [1.82, 2.24) is 5.32 Å². The normalized spacial score (nSPS) is 12.4. The van der Waals surface area contributed by atoms with Crippen molar-refractivity contribution < 1.29 is 24.5 Å². The Labute approximate surface area is 451 Å². The summed E-state index contributed by atoms with van der Waals surface area (Å²) in [6.07, 6.45) is 74.4. The molecule has 0 heterocycles. The van der Waals surface area contributed by atoms with Crippen LogP contribution >= 0.6 is 0 Å². The average Bonchev–Trinajstić information content (AvgIpc) is 3.38. The van der Waals surface area contributed by atoms with Crippen LogP contribution in [0.5, 0.6) is 0 Å². The molecule has 6 heteroatoms. The highest BCUT2D eigenvalue weighted by atomic mass is 16.5. The fraction of sp³-hybridized carbons (Fsp3) is 0.970. The smallest absolute Gasteiger partial charge is 0.305 e. The predicted octanol–water partition coefficient (Wildman–Crippen LogP) is 21.0. The van der Waals surface area contributed by atoms with Gasteiger partial charge in [-0.15, -0.1) is 0 Å². The summed E-state index contributed by atoms with van der Waals surface area (Å²) in [5.41, 5.74) is 0. The Morgan fingerprint density at radius 3 is 0.847 bits per heavy atom. The van der Waals surface area contributed by atoms with Crippen molar-refractivity contribution in [2.45, 2.75) is 398 Å². The minimum Gasteiger partial charge on any atom is -0.466 e.